The number of amides is 2. The molecule has 2 amide bonds. The van der Waals surface area contributed by atoms with Crippen LogP contribution in [0.5, 0.6) is 5.75 Å². The van der Waals surface area contributed by atoms with Crippen molar-refractivity contribution in [2.24, 2.45) is 0 Å². The van der Waals surface area contributed by atoms with Crippen molar-refractivity contribution in [2.45, 2.75) is 57.6 Å². The van der Waals surface area contributed by atoms with Gasteiger partial charge in [0.25, 0.3) is 10.0 Å². The zero-order valence-corrected chi connectivity index (χ0v) is 25.0. The Morgan fingerprint density at radius 2 is 1.55 bits per heavy atom. The zero-order valence-electron chi connectivity index (χ0n) is 23.4. The summed E-state index contributed by atoms with van der Waals surface area (Å²) in [6.07, 6.45) is 0.726. The molecule has 3 aromatic carbocycles. The molecule has 0 saturated carbocycles. The lowest BCUT2D eigenvalue weighted by atomic mass is 10.1. The molecule has 0 aliphatic rings. The number of benzene rings is 3. The Morgan fingerprint density at radius 3 is 2.10 bits per heavy atom. The first kappa shape index (κ1) is 31.0. The second-order valence-electron chi connectivity index (χ2n) is 9.66. The lowest BCUT2D eigenvalue weighted by Crippen LogP contribution is -2.52. The number of nitrogens with zero attached hydrogens (tertiary/aromatic N) is 2. The van der Waals surface area contributed by atoms with E-state index in [9.17, 15) is 18.0 Å². The molecule has 40 heavy (non-hydrogen) atoms. The highest BCUT2D eigenvalue weighted by atomic mass is 35.5. The SMILES string of the molecule is CCC(C)NC(=O)C(C)N(Cc1ccc(Cl)cc1)C(=O)CN(c1ccc(OC)cc1)S(=O)(=O)c1ccc(C)cc1. The first-order valence-corrected chi connectivity index (χ1v) is 14.9. The van der Waals surface area contributed by atoms with Crippen LogP contribution in [-0.4, -0.2) is 50.9 Å². The van der Waals surface area contributed by atoms with Crippen molar-refractivity contribution in [1.82, 2.24) is 10.2 Å². The number of carbonyl (C=O) groups is 2. The van der Waals surface area contributed by atoms with E-state index in [1.54, 1.807) is 67.6 Å². The number of anilines is 1. The van der Waals surface area contributed by atoms with E-state index in [1.807, 2.05) is 20.8 Å². The molecule has 0 heterocycles. The van der Waals surface area contributed by atoms with Gasteiger partial charge < -0.3 is 15.0 Å². The molecular weight excluding hydrogens is 550 g/mol. The fourth-order valence-electron chi connectivity index (χ4n) is 3.95. The molecule has 0 radical (unpaired) electrons. The Bertz CT molecular complexity index is 1390. The highest BCUT2D eigenvalue weighted by molar-refractivity contribution is 7.92. The maximum atomic E-state index is 13.9. The molecule has 0 aromatic heterocycles. The van der Waals surface area contributed by atoms with Gasteiger partial charge in [0.1, 0.15) is 18.3 Å². The third kappa shape index (κ3) is 7.76. The first-order valence-electron chi connectivity index (χ1n) is 13.0. The van der Waals surface area contributed by atoms with Crippen molar-refractivity contribution in [3.63, 3.8) is 0 Å². The Labute approximate surface area is 241 Å². The average Bonchev–Trinajstić information content (AvgIpc) is 2.95. The Hall–Kier alpha value is -3.56. The standard InChI is InChI=1S/C30H36ClN3O5S/c1-6-22(3)32-30(36)23(4)33(19-24-9-11-25(31)12-10-24)29(35)20-34(26-13-15-27(39-5)16-14-26)40(37,38)28-17-7-21(2)8-18-28/h7-18,22-23H,6,19-20H2,1-5H3,(H,32,36). The minimum absolute atomic E-state index is 0.0496. The molecule has 3 aromatic rings. The maximum absolute atomic E-state index is 13.9. The Morgan fingerprint density at radius 1 is 0.950 bits per heavy atom. The van der Waals surface area contributed by atoms with E-state index >= 15 is 0 Å². The Balaban J connectivity index is 2.02. The molecule has 3 rings (SSSR count). The number of sulfonamides is 1. The molecule has 0 aliphatic heterocycles. The van der Waals surface area contributed by atoms with Crippen LogP contribution in [0.1, 0.15) is 38.3 Å². The summed E-state index contributed by atoms with van der Waals surface area (Å²) < 4.78 is 34.0. The molecule has 8 nitrogen and oxygen atoms in total. The number of aryl methyl sites for hydroxylation is 1. The second kappa shape index (κ2) is 13.7. The van der Waals surface area contributed by atoms with Crippen LogP contribution >= 0.6 is 11.6 Å². The first-order chi connectivity index (χ1) is 19.0. The molecule has 0 fully saturated rings. The van der Waals surface area contributed by atoms with Gasteiger partial charge in [-0.2, -0.15) is 0 Å². The van der Waals surface area contributed by atoms with Crippen LogP contribution in [-0.2, 0) is 26.2 Å². The molecule has 0 saturated heterocycles. The van der Waals surface area contributed by atoms with Crippen LogP contribution in [0.25, 0.3) is 0 Å². The largest absolute Gasteiger partial charge is 0.497 e. The van der Waals surface area contributed by atoms with Crippen LogP contribution in [0.15, 0.2) is 77.7 Å². The van der Waals surface area contributed by atoms with E-state index in [0.717, 1.165) is 21.9 Å². The van der Waals surface area contributed by atoms with Gasteiger partial charge in [0.05, 0.1) is 17.7 Å². The van der Waals surface area contributed by atoms with Gasteiger partial charge in [-0.25, -0.2) is 8.42 Å². The number of hydrogen-bond donors (Lipinski definition) is 1. The summed E-state index contributed by atoms with van der Waals surface area (Å²) in [6, 6.07) is 18.9. The van der Waals surface area contributed by atoms with Crippen LogP contribution in [0.3, 0.4) is 0 Å². The van der Waals surface area contributed by atoms with E-state index < -0.39 is 28.5 Å². The minimum Gasteiger partial charge on any atom is -0.497 e. The number of ether oxygens (including phenoxy) is 1. The van der Waals surface area contributed by atoms with E-state index in [1.165, 1.54) is 24.1 Å². The molecule has 2 atom stereocenters. The van der Waals surface area contributed by atoms with Gasteiger partial charge in [-0.1, -0.05) is 48.4 Å². The monoisotopic (exact) mass is 585 g/mol. The molecule has 0 aliphatic carbocycles. The summed E-state index contributed by atoms with van der Waals surface area (Å²) in [5.41, 5.74) is 1.94. The summed E-state index contributed by atoms with van der Waals surface area (Å²) in [5, 5.41) is 3.46. The topological polar surface area (TPSA) is 96.0 Å². The van der Waals surface area contributed by atoms with Crippen LogP contribution in [0, 0.1) is 6.92 Å². The van der Waals surface area contributed by atoms with Crippen LogP contribution in [0.2, 0.25) is 5.02 Å². The van der Waals surface area contributed by atoms with Gasteiger partial charge in [0.2, 0.25) is 11.8 Å². The molecule has 10 heteroatoms. The summed E-state index contributed by atoms with van der Waals surface area (Å²) in [7, 11) is -2.63. The lowest BCUT2D eigenvalue weighted by Gasteiger charge is -2.32. The van der Waals surface area contributed by atoms with Gasteiger partial charge in [-0.15, -0.1) is 0 Å². The van der Waals surface area contributed by atoms with Gasteiger partial charge in [0.15, 0.2) is 0 Å². The van der Waals surface area contributed by atoms with Gasteiger partial charge in [-0.05, 0) is 81.3 Å². The summed E-state index contributed by atoms with van der Waals surface area (Å²) in [4.78, 5) is 28.5. The van der Waals surface area contributed by atoms with E-state index in [0.29, 0.717) is 10.8 Å². The van der Waals surface area contributed by atoms with Crippen molar-refractivity contribution >= 4 is 39.1 Å². The predicted molar refractivity (Wildman–Crippen MR) is 158 cm³/mol. The number of methoxy groups -OCH3 is 1. The number of hydrogen-bond acceptors (Lipinski definition) is 5. The molecular formula is C30H36ClN3O5S. The second-order valence-corrected chi connectivity index (χ2v) is 12.0. The number of carbonyl (C=O) groups excluding carboxylic acids is 2. The van der Waals surface area contributed by atoms with Crippen molar-refractivity contribution < 1.29 is 22.7 Å². The highest BCUT2D eigenvalue weighted by Gasteiger charge is 2.32. The fraction of sp³-hybridized carbons (Fsp3) is 0.333. The molecule has 214 valence electrons. The highest BCUT2D eigenvalue weighted by Crippen LogP contribution is 2.27. The quantitative estimate of drug-likeness (QED) is 0.316. The third-order valence-corrected chi connectivity index (χ3v) is 8.72. The predicted octanol–water partition coefficient (Wildman–Crippen LogP) is 5.18. The Kier molecular flexibility index (Phi) is 10.6. The summed E-state index contributed by atoms with van der Waals surface area (Å²) >= 11 is 6.05. The average molecular weight is 586 g/mol. The van der Waals surface area contributed by atoms with Crippen LogP contribution in [0.4, 0.5) is 5.69 Å². The van der Waals surface area contributed by atoms with Crippen molar-refractivity contribution in [3.8, 4) is 5.75 Å². The number of nitrogens with one attached hydrogen (secondary N) is 1. The number of halogens is 1. The van der Waals surface area contributed by atoms with Crippen LogP contribution < -0.4 is 14.4 Å². The van der Waals surface area contributed by atoms with E-state index in [2.05, 4.69) is 5.32 Å². The van der Waals surface area contributed by atoms with E-state index in [4.69, 9.17) is 16.3 Å². The molecule has 0 bridgehead atoms. The third-order valence-electron chi connectivity index (χ3n) is 6.68. The summed E-state index contributed by atoms with van der Waals surface area (Å²) in [6.45, 7) is 6.91. The van der Waals surface area contributed by atoms with Gasteiger partial charge in [-0.3, -0.25) is 13.9 Å². The van der Waals surface area contributed by atoms with Gasteiger partial charge in [0, 0.05) is 17.6 Å². The minimum atomic E-state index is -4.14. The summed E-state index contributed by atoms with van der Waals surface area (Å²) in [5.74, 6) is -0.315. The smallest absolute Gasteiger partial charge is 0.264 e. The van der Waals surface area contributed by atoms with Crippen molar-refractivity contribution in [1.29, 1.82) is 0 Å². The van der Waals surface area contributed by atoms with Crippen molar-refractivity contribution in [2.75, 3.05) is 18.0 Å². The molecule has 2 unspecified atom stereocenters. The zero-order chi connectivity index (χ0) is 29.4. The maximum Gasteiger partial charge on any atom is 0.264 e. The van der Waals surface area contributed by atoms with Gasteiger partial charge >= 0.3 is 0 Å². The normalized spacial score (nSPS) is 12.8. The lowest BCUT2D eigenvalue weighted by molar-refractivity contribution is -0.139. The molecule has 0 spiro atoms. The number of rotatable bonds is 12. The van der Waals surface area contributed by atoms with Crippen molar-refractivity contribution in [3.05, 3.63) is 88.9 Å². The fourth-order valence-corrected chi connectivity index (χ4v) is 5.49. The molecule has 1 N–H and O–H groups in total. The van der Waals surface area contributed by atoms with E-state index in [-0.39, 0.29) is 29.1 Å².